The van der Waals surface area contributed by atoms with Crippen LogP contribution in [0.3, 0.4) is 0 Å². The number of aromatic nitrogens is 1. The molecule has 0 spiro atoms. The van der Waals surface area contributed by atoms with Crippen molar-refractivity contribution in [2.45, 2.75) is 45.3 Å². The van der Waals surface area contributed by atoms with Crippen molar-refractivity contribution >= 4 is 0 Å². The molecule has 0 bridgehead atoms. The summed E-state index contributed by atoms with van der Waals surface area (Å²) in [5.41, 5.74) is 0. The van der Waals surface area contributed by atoms with Crippen LogP contribution in [0.4, 0.5) is 0 Å². The van der Waals surface area contributed by atoms with Gasteiger partial charge in [0.05, 0.1) is 12.2 Å². The third-order valence-corrected chi connectivity index (χ3v) is 2.86. The van der Waals surface area contributed by atoms with Crippen molar-refractivity contribution in [3.63, 3.8) is 0 Å². The predicted octanol–water partition coefficient (Wildman–Crippen LogP) is 2.59. The number of hydrogen-bond donors (Lipinski definition) is 1. The predicted molar refractivity (Wildman–Crippen MR) is 61.1 cm³/mol. The Morgan fingerprint density at radius 3 is 3.19 bits per heavy atom. The van der Waals surface area contributed by atoms with E-state index in [0.717, 1.165) is 44.1 Å². The first-order valence-corrected chi connectivity index (χ1v) is 6.12. The van der Waals surface area contributed by atoms with Crippen LogP contribution in [0.15, 0.2) is 10.6 Å². The number of nitrogens with one attached hydrogen (secondary N) is 1. The quantitative estimate of drug-likeness (QED) is 0.835. The van der Waals surface area contributed by atoms with E-state index in [1.165, 1.54) is 0 Å². The van der Waals surface area contributed by atoms with E-state index in [1.54, 1.807) is 6.20 Å². The molecular weight excluding hydrogens is 204 g/mol. The van der Waals surface area contributed by atoms with E-state index in [9.17, 15) is 0 Å². The molecule has 1 fully saturated rings. The Morgan fingerprint density at radius 2 is 2.50 bits per heavy atom. The molecule has 0 radical (unpaired) electrons. The fourth-order valence-electron chi connectivity index (χ4n) is 1.90. The van der Waals surface area contributed by atoms with Crippen LogP contribution in [-0.4, -0.2) is 18.1 Å². The van der Waals surface area contributed by atoms with E-state index < -0.39 is 0 Å². The van der Waals surface area contributed by atoms with Crippen molar-refractivity contribution in [1.29, 1.82) is 0 Å². The SMILES string of the molecule is CCCNC(C)c1ncc(C2CCCO2)o1. The zero-order valence-electron chi connectivity index (χ0n) is 10.0. The Morgan fingerprint density at radius 1 is 1.62 bits per heavy atom. The minimum absolute atomic E-state index is 0.125. The second-order valence-corrected chi connectivity index (χ2v) is 4.28. The molecule has 1 aromatic heterocycles. The van der Waals surface area contributed by atoms with Gasteiger partial charge in [-0.15, -0.1) is 0 Å². The third-order valence-electron chi connectivity index (χ3n) is 2.86. The van der Waals surface area contributed by atoms with E-state index in [0.29, 0.717) is 0 Å². The van der Waals surface area contributed by atoms with Gasteiger partial charge in [0.25, 0.3) is 0 Å². The fraction of sp³-hybridized carbons (Fsp3) is 0.750. The summed E-state index contributed by atoms with van der Waals surface area (Å²) in [7, 11) is 0. The van der Waals surface area contributed by atoms with Crippen LogP contribution in [0.2, 0.25) is 0 Å². The molecule has 90 valence electrons. The molecular formula is C12H20N2O2. The average molecular weight is 224 g/mol. The lowest BCUT2D eigenvalue weighted by atomic mass is 10.2. The molecule has 1 aliphatic heterocycles. The first-order valence-electron chi connectivity index (χ1n) is 6.12. The van der Waals surface area contributed by atoms with Crippen molar-refractivity contribution in [1.82, 2.24) is 10.3 Å². The molecule has 2 rings (SSSR count). The van der Waals surface area contributed by atoms with Gasteiger partial charge in [-0.1, -0.05) is 6.92 Å². The van der Waals surface area contributed by atoms with Gasteiger partial charge in [0.2, 0.25) is 5.89 Å². The van der Waals surface area contributed by atoms with E-state index >= 15 is 0 Å². The summed E-state index contributed by atoms with van der Waals surface area (Å²) in [4.78, 5) is 4.30. The normalized spacial score (nSPS) is 22.5. The molecule has 1 saturated heterocycles. The molecule has 0 aromatic carbocycles. The molecule has 1 aromatic rings. The Hall–Kier alpha value is -0.870. The zero-order chi connectivity index (χ0) is 11.4. The van der Waals surface area contributed by atoms with E-state index in [1.807, 2.05) is 0 Å². The highest BCUT2D eigenvalue weighted by Crippen LogP contribution is 2.29. The van der Waals surface area contributed by atoms with Gasteiger partial charge in [-0.05, 0) is 32.7 Å². The van der Waals surface area contributed by atoms with Gasteiger partial charge in [0, 0.05) is 6.61 Å². The average Bonchev–Trinajstić information content (AvgIpc) is 2.94. The molecule has 2 heterocycles. The summed E-state index contributed by atoms with van der Waals surface area (Å²) in [5.74, 6) is 1.64. The van der Waals surface area contributed by atoms with Crippen molar-refractivity contribution in [2.24, 2.45) is 0 Å². The highest BCUT2D eigenvalue weighted by atomic mass is 16.5. The largest absolute Gasteiger partial charge is 0.441 e. The Kier molecular flexibility index (Phi) is 3.96. The summed E-state index contributed by atoms with van der Waals surface area (Å²) in [5, 5.41) is 3.36. The summed E-state index contributed by atoms with van der Waals surface area (Å²) in [6, 6.07) is 0.176. The van der Waals surface area contributed by atoms with Gasteiger partial charge in [0.1, 0.15) is 6.10 Å². The standard InChI is InChI=1S/C12H20N2O2/c1-3-6-13-9(2)12-14-8-11(16-12)10-5-4-7-15-10/h8-10,13H,3-7H2,1-2H3. The van der Waals surface area contributed by atoms with Gasteiger partial charge < -0.3 is 14.5 Å². The highest BCUT2D eigenvalue weighted by Gasteiger charge is 2.22. The van der Waals surface area contributed by atoms with Gasteiger partial charge in [-0.2, -0.15) is 0 Å². The lowest BCUT2D eigenvalue weighted by molar-refractivity contribution is 0.0918. The summed E-state index contributed by atoms with van der Waals surface area (Å²) < 4.78 is 11.3. The van der Waals surface area contributed by atoms with E-state index in [-0.39, 0.29) is 12.1 Å². The van der Waals surface area contributed by atoms with E-state index in [2.05, 4.69) is 24.1 Å². The lowest BCUT2D eigenvalue weighted by Crippen LogP contribution is -2.19. The Balaban J connectivity index is 1.95. The minimum Gasteiger partial charge on any atom is -0.441 e. The first kappa shape index (κ1) is 11.6. The minimum atomic E-state index is 0.125. The third kappa shape index (κ3) is 2.62. The molecule has 0 aliphatic carbocycles. The van der Waals surface area contributed by atoms with Crippen LogP contribution in [0, 0.1) is 0 Å². The fourth-order valence-corrected chi connectivity index (χ4v) is 1.90. The molecule has 4 heteroatoms. The molecule has 1 aliphatic rings. The molecule has 0 amide bonds. The van der Waals surface area contributed by atoms with Crippen molar-refractivity contribution in [2.75, 3.05) is 13.2 Å². The van der Waals surface area contributed by atoms with Crippen molar-refractivity contribution in [3.05, 3.63) is 17.8 Å². The Bertz CT molecular complexity index is 319. The van der Waals surface area contributed by atoms with Gasteiger partial charge in [0.15, 0.2) is 5.76 Å². The maximum atomic E-state index is 5.73. The molecule has 0 saturated carbocycles. The van der Waals surface area contributed by atoms with Crippen LogP contribution in [-0.2, 0) is 4.74 Å². The monoisotopic (exact) mass is 224 g/mol. The number of nitrogens with zero attached hydrogens (tertiary/aromatic N) is 1. The van der Waals surface area contributed by atoms with Gasteiger partial charge in [-0.25, -0.2) is 4.98 Å². The van der Waals surface area contributed by atoms with Gasteiger partial charge >= 0.3 is 0 Å². The van der Waals surface area contributed by atoms with E-state index in [4.69, 9.17) is 9.15 Å². The van der Waals surface area contributed by atoms with Crippen LogP contribution < -0.4 is 5.32 Å². The number of ether oxygens (including phenoxy) is 1. The summed E-state index contributed by atoms with van der Waals surface area (Å²) in [6.45, 7) is 6.04. The second-order valence-electron chi connectivity index (χ2n) is 4.28. The number of oxazole rings is 1. The number of rotatable bonds is 5. The maximum Gasteiger partial charge on any atom is 0.211 e. The summed E-state index contributed by atoms with van der Waals surface area (Å²) in [6.07, 6.45) is 5.20. The molecule has 2 unspecified atom stereocenters. The smallest absolute Gasteiger partial charge is 0.211 e. The van der Waals surface area contributed by atoms with Crippen molar-refractivity contribution in [3.8, 4) is 0 Å². The highest BCUT2D eigenvalue weighted by molar-refractivity contribution is 5.02. The van der Waals surface area contributed by atoms with Gasteiger partial charge in [-0.3, -0.25) is 0 Å². The second kappa shape index (κ2) is 5.46. The number of hydrogen-bond acceptors (Lipinski definition) is 4. The van der Waals surface area contributed by atoms with Crippen molar-refractivity contribution < 1.29 is 9.15 Å². The maximum absolute atomic E-state index is 5.73. The topological polar surface area (TPSA) is 47.3 Å². The molecule has 4 nitrogen and oxygen atoms in total. The summed E-state index contributed by atoms with van der Waals surface area (Å²) >= 11 is 0. The molecule has 2 atom stereocenters. The molecule has 1 N–H and O–H groups in total. The molecule has 16 heavy (non-hydrogen) atoms. The van der Waals surface area contributed by atoms with Crippen LogP contribution in [0.5, 0.6) is 0 Å². The lowest BCUT2D eigenvalue weighted by Gasteiger charge is -2.09. The Labute approximate surface area is 96.4 Å². The first-order chi connectivity index (χ1) is 7.81. The van der Waals surface area contributed by atoms with Crippen LogP contribution in [0.25, 0.3) is 0 Å². The zero-order valence-corrected chi connectivity index (χ0v) is 10.0. The van der Waals surface area contributed by atoms with Crippen LogP contribution >= 0.6 is 0 Å². The van der Waals surface area contributed by atoms with Crippen LogP contribution in [0.1, 0.15) is 56.9 Å².